The fraction of sp³-hybridized carbons (Fsp3) is 0.625. The van der Waals surface area contributed by atoms with Crippen LogP contribution in [0.15, 0.2) is 93.1 Å². The molecule has 0 bridgehead atoms. The summed E-state index contributed by atoms with van der Waals surface area (Å²) in [6.45, 7) is 30.6. The van der Waals surface area contributed by atoms with Crippen LogP contribution in [0, 0.1) is 45.3 Å². The van der Waals surface area contributed by atoms with Gasteiger partial charge in [0, 0.05) is 48.2 Å². The molecule has 0 spiro atoms. The summed E-state index contributed by atoms with van der Waals surface area (Å²) in [6, 6.07) is 15.5. The number of nitrogens with one attached hydrogen (secondary N) is 4. The fourth-order valence-electron chi connectivity index (χ4n) is 11.2. The first kappa shape index (κ1) is 65.9. The van der Waals surface area contributed by atoms with E-state index in [1.165, 1.54) is 6.33 Å². The average molecular weight is 1140 g/mol. The molecule has 16 heteroatoms. The number of hydrogen-bond donors (Lipinski definition) is 4. The molecule has 0 aliphatic heterocycles. The molecule has 0 amide bonds. The molecule has 6 unspecified atom stereocenters. The first-order valence-electron chi connectivity index (χ1n) is 30.3. The number of hydrogen-bond acceptors (Lipinski definition) is 12. The van der Waals surface area contributed by atoms with Crippen molar-refractivity contribution in [1.82, 2.24) is 18.6 Å². The van der Waals surface area contributed by atoms with Gasteiger partial charge in [0.05, 0.1) is 45.6 Å². The standard InChI is InChI=1S/C64H100N10O4S2/c1-15-23-31-45(19-5)42-73(47(21-7)33-25-17-3)79(75,76)57-37-29-27-35-53(57)69-71-61-51(63(9,10)11)39-49(59(61)65)55-41-56(68-44-67-55)50-40-52(64(12,13)14)62(60(50)66)72-70-54-36-28-30-38-58(54)80(77,78)74(48(22-8)34-26-18-4)43-46(20-6)32-24-16-2/h27-30,35-41,44-48,51-52,65-66,69-70H,15-26,31-34,42-43H2,1-14H3/b65-59?,66-60?,71-61-,72-62+. The van der Waals surface area contributed by atoms with Crippen LogP contribution < -0.4 is 10.9 Å². The summed E-state index contributed by atoms with van der Waals surface area (Å²) in [5.41, 5.74) is 9.54. The molecule has 2 aliphatic carbocycles. The summed E-state index contributed by atoms with van der Waals surface area (Å²) in [5, 5.41) is 29.2. The van der Waals surface area contributed by atoms with Gasteiger partial charge in [-0.05, 0) is 91.5 Å². The van der Waals surface area contributed by atoms with Crippen molar-refractivity contribution < 1.29 is 16.8 Å². The van der Waals surface area contributed by atoms with Crippen molar-refractivity contribution in [1.29, 1.82) is 10.8 Å². The lowest BCUT2D eigenvalue weighted by Gasteiger charge is -2.34. The summed E-state index contributed by atoms with van der Waals surface area (Å²) in [5.74, 6) is -0.190. The Kier molecular flexibility index (Phi) is 24.6. The van der Waals surface area contributed by atoms with Gasteiger partial charge in [0.15, 0.2) is 0 Å². The van der Waals surface area contributed by atoms with Gasteiger partial charge >= 0.3 is 0 Å². The Labute approximate surface area is 483 Å². The van der Waals surface area contributed by atoms with Crippen LogP contribution in [0.2, 0.25) is 0 Å². The molecule has 14 nitrogen and oxygen atoms in total. The minimum atomic E-state index is -3.98. The maximum absolute atomic E-state index is 15.0. The Morgan fingerprint density at radius 1 is 0.537 bits per heavy atom. The Hall–Kier alpha value is -4.90. The quantitative estimate of drug-likeness (QED) is 0.0443. The van der Waals surface area contributed by atoms with Crippen molar-refractivity contribution in [3.05, 3.63) is 84.5 Å². The largest absolute Gasteiger partial charge is 0.298 e. The van der Waals surface area contributed by atoms with Gasteiger partial charge in [0.25, 0.3) is 0 Å². The molecule has 5 rings (SSSR count). The van der Waals surface area contributed by atoms with Gasteiger partial charge < -0.3 is 0 Å². The average Bonchev–Trinajstić information content (AvgIpc) is 3.99. The molecule has 0 saturated carbocycles. The number of benzene rings is 2. The molecule has 4 N–H and O–H groups in total. The second-order valence-electron chi connectivity index (χ2n) is 24.5. The molecule has 1 aromatic heterocycles. The second-order valence-corrected chi connectivity index (χ2v) is 28.2. The number of sulfonamides is 2. The number of anilines is 2. The third-order valence-corrected chi connectivity index (χ3v) is 20.4. The van der Waals surface area contributed by atoms with Gasteiger partial charge in [-0.15, -0.1) is 0 Å². The maximum Gasteiger partial charge on any atom is 0.245 e. The smallest absolute Gasteiger partial charge is 0.245 e. The third kappa shape index (κ3) is 16.2. The Morgan fingerprint density at radius 3 is 1.21 bits per heavy atom. The summed E-state index contributed by atoms with van der Waals surface area (Å²) >= 11 is 0. The number of unbranched alkanes of at least 4 members (excludes halogenated alkanes) is 4. The molecule has 0 radical (unpaired) electrons. The minimum Gasteiger partial charge on any atom is -0.298 e. The van der Waals surface area contributed by atoms with E-state index < -0.39 is 30.9 Å². The summed E-state index contributed by atoms with van der Waals surface area (Å²) < 4.78 is 63.7. The van der Waals surface area contributed by atoms with E-state index in [9.17, 15) is 10.8 Å². The van der Waals surface area contributed by atoms with Gasteiger partial charge in [0.1, 0.15) is 16.1 Å². The van der Waals surface area contributed by atoms with Gasteiger partial charge in [0.2, 0.25) is 20.0 Å². The zero-order valence-electron chi connectivity index (χ0n) is 51.3. The van der Waals surface area contributed by atoms with E-state index in [0.29, 0.717) is 71.3 Å². The predicted molar refractivity (Wildman–Crippen MR) is 336 cm³/mol. The van der Waals surface area contributed by atoms with Gasteiger partial charge in [-0.25, -0.2) is 26.8 Å². The molecule has 2 aliphatic rings. The first-order chi connectivity index (χ1) is 38.0. The zero-order chi connectivity index (χ0) is 59.0. The highest BCUT2D eigenvalue weighted by Gasteiger charge is 2.41. The number of rotatable bonds is 32. The summed E-state index contributed by atoms with van der Waals surface area (Å²) in [7, 11) is -7.96. The van der Waals surface area contributed by atoms with Crippen LogP contribution in [-0.2, 0) is 20.0 Å². The highest BCUT2D eigenvalue weighted by atomic mass is 32.2. The molecule has 0 fully saturated rings. The van der Waals surface area contributed by atoms with E-state index in [4.69, 9.17) is 20.2 Å². The molecule has 3 aromatic rings. The van der Waals surface area contributed by atoms with Crippen LogP contribution in [-0.4, -0.2) is 83.4 Å². The van der Waals surface area contributed by atoms with E-state index in [1.807, 2.05) is 12.2 Å². The van der Waals surface area contributed by atoms with Crippen molar-refractivity contribution >= 4 is 65.4 Å². The number of para-hydroxylation sites is 2. The molecule has 442 valence electrons. The zero-order valence-corrected chi connectivity index (χ0v) is 52.9. The number of allylic oxidation sites excluding steroid dienone is 4. The number of hydrazone groups is 2. The van der Waals surface area contributed by atoms with E-state index in [2.05, 4.69) is 108 Å². The SMILES string of the molecule is CCCCC(CC)CN(C(CC)CCCC)S(=O)(=O)c1ccccc1N/N=C1\C(=N)C(c2cc(C3=CC(C(C)(C)C)/C(=N\Nc4ccccc4S(=O)(=O)N(CC(CC)CCCC)C(CC)CCCC)C3=N)ncn2)=CC1C(C)(C)C. The van der Waals surface area contributed by atoms with E-state index >= 15 is 16.8 Å². The second kappa shape index (κ2) is 29.9. The maximum atomic E-state index is 15.0. The highest BCUT2D eigenvalue weighted by molar-refractivity contribution is 7.89. The monoisotopic (exact) mass is 1140 g/mol. The fourth-order valence-corrected chi connectivity index (χ4v) is 15.1. The normalized spacial score (nSPS) is 19.0. The molecule has 6 atom stereocenters. The van der Waals surface area contributed by atoms with Crippen LogP contribution in [0.4, 0.5) is 11.4 Å². The predicted octanol–water partition coefficient (Wildman–Crippen LogP) is 15.9. The lowest BCUT2D eigenvalue weighted by molar-refractivity contribution is 0.243. The van der Waals surface area contributed by atoms with Crippen LogP contribution in [0.1, 0.15) is 211 Å². The molecule has 1 heterocycles. The molecular formula is C64H100N10O4S2. The third-order valence-electron chi connectivity index (χ3n) is 16.4. The van der Waals surface area contributed by atoms with Crippen molar-refractivity contribution in [3.8, 4) is 0 Å². The van der Waals surface area contributed by atoms with Crippen molar-refractivity contribution in [2.45, 2.75) is 222 Å². The molecular weight excluding hydrogens is 1040 g/mol. The highest BCUT2D eigenvalue weighted by Crippen LogP contribution is 2.41. The molecule has 0 saturated heterocycles. The Morgan fingerprint density at radius 2 is 0.887 bits per heavy atom. The van der Waals surface area contributed by atoms with Gasteiger partial charge in [-0.2, -0.15) is 18.8 Å². The van der Waals surface area contributed by atoms with Crippen LogP contribution in [0.5, 0.6) is 0 Å². The van der Waals surface area contributed by atoms with E-state index in [0.717, 1.165) is 89.9 Å². The van der Waals surface area contributed by atoms with Gasteiger partial charge in [-0.1, -0.05) is 198 Å². The number of nitrogens with zero attached hydrogens (tertiary/aromatic N) is 6. The minimum absolute atomic E-state index is 0.135. The lowest BCUT2D eigenvalue weighted by Crippen LogP contribution is -2.43. The van der Waals surface area contributed by atoms with E-state index in [1.54, 1.807) is 63.2 Å². The summed E-state index contributed by atoms with van der Waals surface area (Å²) in [4.78, 5) is 9.72. The van der Waals surface area contributed by atoms with Crippen LogP contribution in [0.25, 0.3) is 11.1 Å². The van der Waals surface area contributed by atoms with Crippen LogP contribution in [0.3, 0.4) is 0 Å². The topological polar surface area (TPSA) is 197 Å². The van der Waals surface area contributed by atoms with Crippen molar-refractivity contribution in [3.63, 3.8) is 0 Å². The molecule has 80 heavy (non-hydrogen) atoms. The van der Waals surface area contributed by atoms with Crippen LogP contribution >= 0.6 is 0 Å². The summed E-state index contributed by atoms with van der Waals surface area (Å²) in [6.07, 6.45) is 20.3. The van der Waals surface area contributed by atoms with Gasteiger partial charge in [-0.3, -0.25) is 21.7 Å². The van der Waals surface area contributed by atoms with Crippen molar-refractivity contribution in [2.24, 2.45) is 44.7 Å². The Balaban J connectivity index is 1.49. The first-order valence-corrected chi connectivity index (χ1v) is 33.2. The van der Waals surface area contributed by atoms with E-state index in [-0.39, 0.29) is 57.0 Å². The lowest BCUT2D eigenvalue weighted by atomic mass is 9.79. The number of aromatic nitrogens is 2. The molecule has 2 aromatic carbocycles. The Bertz CT molecular complexity index is 2710. The van der Waals surface area contributed by atoms with Crippen molar-refractivity contribution in [2.75, 3.05) is 23.9 Å².